The van der Waals surface area contributed by atoms with Crippen molar-refractivity contribution in [3.05, 3.63) is 132 Å². The van der Waals surface area contributed by atoms with Gasteiger partial charge in [0.15, 0.2) is 33.3 Å². The van der Waals surface area contributed by atoms with Crippen LogP contribution in [0, 0.1) is 0 Å². The van der Waals surface area contributed by atoms with E-state index in [1.165, 1.54) is 44.2 Å². The zero-order valence-electron chi connectivity index (χ0n) is 44.2. The fourth-order valence-electron chi connectivity index (χ4n) is 11.0. The van der Waals surface area contributed by atoms with Crippen LogP contribution in [0.4, 0.5) is 0 Å². The molecule has 0 aliphatic rings. The molecule has 0 amide bonds. The maximum absolute atomic E-state index is 6.75. The molecule has 0 saturated heterocycles. The minimum atomic E-state index is -2.13. The number of fused-ring (bicyclic) bond motifs is 8. The van der Waals surface area contributed by atoms with Crippen LogP contribution in [-0.2, 0) is 29.3 Å². The molecule has 0 bridgehead atoms. The third-order valence-corrected chi connectivity index (χ3v) is 33.5. The molecule has 0 N–H and O–H groups in total. The lowest BCUT2D eigenvalue weighted by molar-refractivity contribution is 0.389. The van der Waals surface area contributed by atoms with E-state index in [1.54, 1.807) is 0 Å². The van der Waals surface area contributed by atoms with Crippen molar-refractivity contribution in [2.45, 2.75) is 129 Å². The Bertz CT molecular complexity index is 3130. The van der Waals surface area contributed by atoms with Gasteiger partial charge in [-0.1, -0.05) is 72.8 Å². The molecule has 0 spiro atoms. The van der Waals surface area contributed by atoms with E-state index in [-0.39, 0.29) is 0 Å². The Kier molecular flexibility index (Phi) is 13.8. The molecule has 12 heteroatoms. The summed E-state index contributed by atoms with van der Waals surface area (Å²) in [5.74, 6) is 0. The van der Waals surface area contributed by atoms with E-state index in [9.17, 15) is 0 Å². The van der Waals surface area contributed by atoms with Gasteiger partial charge < -0.3 is 25.3 Å². The summed E-state index contributed by atoms with van der Waals surface area (Å²) < 4.78 is 39.7. The highest BCUT2D eigenvalue weighted by Gasteiger charge is 2.39. The lowest BCUT2D eigenvalue weighted by Crippen LogP contribution is -2.51. The molecular weight excluding hydrogens is 961 g/mol. The zero-order chi connectivity index (χ0) is 50.0. The van der Waals surface area contributed by atoms with Crippen LogP contribution in [0.2, 0.25) is 104 Å². The van der Waals surface area contributed by atoms with Crippen LogP contribution in [0.5, 0.6) is 0 Å². The first-order valence-corrected chi connectivity index (χ1v) is 44.1. The molecule has 0 aliphatic carbocycles. The molecule has 9 aromatic rings. The monoisotopic (exact) mass is 1030 g/mol. The van der Waals surface area contributed by atoms with Crippen LogP contribution in [0.15, 0.2) is 130 Å². The molecular formula is C58H74O6Si6. The number of rotatable bonds is 18. The van der Waals surface area contributed by atoms with Crippen molar-refractivity contribution in [1.29, 1.82) is 0 Å². The predicted octanol–water partition coefficient (Wildman–Crippen LogP) is 18.5. The highest BCUT2D eigenvalue weighted by Crippen LogP contribution is 2.40. The molecule has 0 atom stereocenters. The maximum Gasteiger partial charge on any atom is 0.311 e. The molecule has 0 aliphatic heterocycles. The van der Waals surface area contributed by atoms with Gasteiger partial charge in [0.1, 0.15) is 22.3 Å². The van der Waals surface area contributed by atoms with Gasteiger partial charge in [0.2, 0.25) is 0 Å². The first-order chi connectivity index (χ1) is 32.7. The van der Waals surface area contributed by atoms with E-state index in [4.69, 9.17) is 25.3 Å². The van der Waals surface area contributed by atoms with Crippen LogP contribution in [0.3, 0.4) is 0 Å². The van der Waals surface area contributed by atoms with Gasteiger partial charge in [0.25, 0.3) is 0 Å². The fourth-order valence-corrected chi connectivity index (χ4v) is 37.4. The van der Waals surface area contributed by atoms with Crippen LogP contribution < -0.4 is 0 Å². The smallest absolute Gasteiger partial charge is 0.311 e. The standard InChI is InChI=1S/C58H74O6Si6/c1-65(2,3)61-69(11,12)63-67(7,8)31-15-17-41-19-23-43(24-20-41)45-27-29-47-35-51-53-39-58-54(40-57(53)59-55(51)37-49(47)33-45)52-36-48-30-28-46(34-50(48)38-56(52)60-58)44-25-21-42(22-26-44)18-16-32-68(9,10)64-70(13,14)62-66(4,5)6/h19-30,33-40H,15-18,31-32H2,1-14H3. The Morgan fingerprint density at radius 1 is 0.329 bits per heavy atom. The molecule has 9 rings (SSSR count). The van der Waals surface area contributed by atoms with E-state index >= 15 is 0 Å². The van der Waals surface area contributed by atoms with Crippen molar-refractivity contribution >= 4 is 116 Å². The quantitative estimate of drug-likeness (QED) is 0.0798. The molecule has 0 saturated carbocycles. The van der Waals surface area contributed by atoms with Gasteiger partial charge in [-0.05, 0) is 233 Å². The third kappa shape index (κ3) is 12.2. The molecule has 0 fully saturated rings. The minimum absolute atomic E-state index is 0.871. The molecule has 0 unspecified atom stereocenters. The highest BCUT2D eigenvalue weighted by atomic mass is 28.5. The van der Waals surface area contributed by atoms with Crippen LogP contribution in [0.1, 0.15) is 24.0 Å². The summed E-state index contributed by atoms with van der Waals surface area (Å²) >= 11 is 0. The average Bonchev–Trinajstić information content (AvgIpc) is 3.76. The molecule has 2 heterocycles. The Morgan fingerprint density at radius 3 is 1.01 bits per heavy atom. The summed E-state index contributed by atoms with van der Waals surface area (Å²) in [7, 11) is -11.2. The summed E-state index contributed by atoms with van der Waals surface area (Å²) in [5.41, 5.74) is 11.1. The van der Waals surface area contributed by atoms with Crippen molar-refractivity contribution in [1.82, 2.24) is 0 Å². The summed E-state index contributed by atoms with van der Waals surface area (Å²) in [6.07, 6.45) is 4.37. The molecule has 7 aromatic carbocycles. The van der Waals surface area contributed by atoms with E-state index < -0.39 is 50.4 Å². The number of hydrogen-bond acceptors (Lipinski definition) is 6. The van der Waals surface area contributed by atoms with Gasteiger partial charge in [-0.2, -0.15) is 0 Å². The van der Waals surface area contributed by atoms with Crippen molar-refractivity contribution < 1.29 is 25.3 Å². The SMILES string of the molecule is C[Si](C)(C)O[Si](C)(C)O[Si](C)(C)CCCc1ccc(-c2ccc3cc4c(cc3c2)oc2cc3c(cc24)oc2cc4cc(-c5ccc(CCC[Si](C)(C)O[Si](C)(C)O[Si](C)(C)C)cc5)ccc4cc23)cc1. The van der Waals surface area contributed by atoms with E-state index in [0.29, 0.717) is 0 Å². The molecule has 0 radical (unpaired) electrons. The Balaban J connectivity index is 0.872. The number of hydrogen-bond donors (Lipinski definition) is 0. The maximum atomic E-state index is 6.75. The lowest BCUT2D eigenvalue weighted by atomic mass is 9.98. The second-order valence-electron chi connectivity index (χ2n) is 23.9. The third-order valence-electron chi connectivity index (χ3n) is 13.2. The summed E-state index contributed by atoms with van der Waals surface area (Å²) in [5, 5.41) is 9.04. The van der Waals surface area contributed by atoms with Crippen molar-refractivity contribution in [2.24, 2.45) is 0 Å². The predicted molar refractivity (Wildman–Crippen MR) is 314 cm³/mol. The first-order valence-electron chi connectivity index (χ1n) is 25.4. The van der Waals surface area contributed by atoms with E-state index in [0.717, 1.165) is 92.4 Å². The molecule has 2 aromatic heterocycles. The van der Waals surface area contributed by atoms with Crippen LogP contribution >= 0.6 is 0 Å². The molecule has 70 heavy (non-hydrogen) atoms. The van der Waals surface area contributed by atoms with Crippen LogP contribution in [0.25, 0.3) is 87.7 Å². The number of furan rings is 2. The van der Waals surface area contributed by atoms with Gasteiger partial charge in [-0.3, -0.25) is 0 Å². The second kappa shape index (κ2) is 19.0. The Morgan fingerprint density at radius 2 is 0.657 bits per heavy atom. The molecule has 366 valence electrons. The summed E-state index contributed by atoms with van der Waals surface area (Å²) in [4.78, 5) is 0. The highest BCUT2D eigenvalue weighted by molar-refractivity contribution is 6.88. The first kappa shape index (κ1) is 50.7. The topological polar surface area (TPSA) is 63.2 Å². The summed E-state index contributed by atoms with van der Waals surface area (Å²) in [6, 6.07) is 47.3. The Hall–Kier alpha value is -4.20. The minimum Gasteiger partial charge on any atom is -0.456 e. The zero-order valence-corrected chi connectivity index (χ0v) is 50.2. The second-order valence-corrected chi connectivity index (χ2v) is 49.3. The largest absolute Gasteiger partial charge is 0.456 e. The van der Waals surface area contributed by atoms with Gasteiger partial charge in [-0.15, -0.1) is 0 Å². The summed E-state index contributed by atoms with van der Waals surface area (Å²) in [6.45, 7) is 31.8. The molecule has 6 nitrogen and oxygen atoms in total. The van der Waals surface area contributed by atoms with Crippen LogP contribution in [-0.4, -0.2) is 50.4 Å². The number of aryl methyl sites for hydroxylation is 2. The van der Waals surface area contributed by atoms with Crippen molar-refractivity contribution in [3.63, 3.8) is 0 Å². The van der Waals surface area contributed by atoms with E-state index in [1.807, 2.05) is 0 Å². The van der Waals surface area contributed by atoms with E-state index in [2.05, 4.69) is 213 Å². The average molecular weight is 1040 g/mol. The Labute approximate surface area is 422 Å². The van der Waals surface area contributed by atoms with Gasteiger partial charge in [0, 0.05) is 21.5 Å². The van der Waals surface area contributed by atoms with Gasteiger partial charge in [0.05, 0.1) is 0 Å². The normalized spacial score (nSPS) is 13.6. The number of benzene rings is 7. The lowest BCUT2D eigenvalue weighted by Gasteiger charge is -2.37. The fraction of sp³-hybridized carbons (Fsp3) is 0.345. The van der Waals surface area contributed by atoms with Gasteiger partial charge in [-0.25, -0.2) is 0 Å². The van der Waals surface area contributed by atoms with Gasteiger partial charge >= 0.3 is 17.1 Å². The van der Waals surface area contributed by atoms with Crippen molar-refractivity contribution in [2.75, 3.05) is 0 Å². The van der Waals surface area contributed by atoms with Crippen molar-refractivity contribution in [3.8, 4) is 22.3 Å².